The molecule has 0 saturated carbocycles. The third kappa shape index (κ3) is 6.35. The van der Waals surface area contributed by atoms with Crippen LogP contribution in [0.15, 0.2) is 36.4 Å². The lowest BCUT2D eigenvalue weighted by atomic mass is 10.4. The van der Waals surface area contributed by atoms with Crippen LogP contribution in [0.25, 0.3) is 0 Å². The van der Waals surface area contributed by atoms with Gasteiger partial charge < -0.3 is 10.2 Å². The van der Waals surface area contributed by atoms with Crippen molar-refractivity contribution in [3.8, 4) is 0 Å². The lowest BCUT2D eigenvalue weighted by Gasteiger charge is -2.19. The summed E-state index contributed by atoms with van der Waals surface area (Å²) in [4.78, 5) is 16.5. The van der Waals surface area contributed by atoms with E-state index in [-0.39, 0.29) is 5.70 Å². The minimum absolute atomic E-state index is 0.0571. The van der Waals surface area contributed by atoms with Crippen molar-refractivity contribution in [2.45, 2.75) is 5.51 Å². The van der Waals surface area contributed by atoms with Gasteiger partial charge in [-0.25, -0.2) is 0 Å². The Labute approximate surface area is 134 Å². The Morgan fingerprint density at radius 1 is 1.59 bits per heavy atom. The van der Waals surface area contributed by atoms with Crippen LogP contribution < -0.4 is 5.32 Å². The number of amides is 1. The summed E-state index contributed by atoms with van der Waals surface area (Å²) in [7, 11) is 1.24. The zero-order valence-corrected chi connectivity index (χ0v) is 12.9. The number of halogens is 4. The van der Waals surface area contributed by atoms with Gasteiger partial charge in [-0.1, -0.05) is 11.6 Å². The average Bonchev–Trinajstić information content (AvgIpc) is 2.44. The molecule has 120 valence electrons. The van der Waals surface area contributed by atoms with Gasteiger partial charge in [0.1, 0.15) is 5.17 Å². The SMILES string of the molecule is CN(C(=O)CSC(F)(F)F)/C(=C/Nc1cccnc1)C(=N)Cl. The number of hydrogen-bond donors (Lipinski definition) is 2. The van der Waals surface area contributed by atoms with Crippen molar-refractivity contribution >= 4 is 40.1 Å². The molecule has 1 rings (SSSR count). The van der Waals surface area contributed by atoms with Gasteiger partial charge in [-0.15, -0.1) is 0 Å². The molecule has 2 N–H and O–H groups in total. The number of aromatic nitrogens is 1. The summed E-state index contributed by atoms with van der Waals surface area (Å²) in [6.45, 7) is 0. The number of alkyl halides is 3. The van der Waals surface area contributed by atoms with E-state index in [0.717, 1.165) is 4.90 Å². The van der Waals surface area contributed by atoms with Crippen LogP contribution in [0.1, 0.15) is 0 Å². The van der Waals surface area contributed by atoms with Crippen molar-refractivity contribution in [1.82, 2.24) is 9.88 Å². The topological polar surface area (TPSA) is 69.1 Å². The van der Waals surface area contributed by atoms with Gasteiger partial charge in [0.2, 0.25) is 5.91 Å². The van der Waals surface area contributed by atoms with E-state index in [4.69, 9.17) is 17.0 Å². The highest BCUT2D eigenvalue weighted by molar-refractivity contribution is 8.00. The molecule has 5 nitrogen and oxygen atoms in total. The maximum atomic E-state index is 12.1. The fourth-order valence-electron chi connectivity index (χ4n) is 1.28. The molecule has 22 heavy (non-hydrogen) atoms. The Balaban J connectivity index is 2.77. The standard InChI is InChI=1S/C12H12ClF3N4OS/c1-20(10(21)7-22-12(14,15)16)9(11(13)17)6-19-8-3-2-4-18-5-8/h2-6,17,19H,7H2,1H3/b9-6+,17-11?. The highest BCUT2D eigenvalue weighted by Gasteiger charge is 2.30. The second kappa shape index (κ2) is 8.04. The van der Waals surface area contributed by atoms with Gasteiger partial charge in [0.25, 0.3) is 0 Å². The van der Waals surface area contributed by atoms with Crippen LogP contribution in [0.5, 0.6) is 0 Å². The number of rotatable bonds is 6. The van der Waals surface area contributed by atoms with E-state index >= 15 is 0 Å². The Bertz CT molecular complexity index is 565. The number of nitrogens with zero attached hydrogens (tertiary/aromatic N) is 2. The van der Waals surface area contributed by atoms with E-state index in [1.54, 1.807) is 18.3 Å². The molecule has 10 heteroatoms. The van der Waals surface area contributed by atoms with Crippen molar-refractivity contribution in [2.75, 3.05) is 18.1 Å². The van der Waals surface area contributed by atoms with Crippen LogP contribution in [-0.2, 0) is 4.79 Å². The Hall–Kier alpha value is -1.74. The van der Waals surface area contributed by atoms with Gasteiger partial charge in [-0.2, -0.15) is 13.2 Å². The summed E-state index contributed by atoms with van der Waals surface area (Å²) in [6.07, 6.45) is 4.30. The number of carbonyl (C=O) groups excluding carboxylic acids is 1. The lowest BCUT2D eigenvalue weighted by molar-refractivity contribution is -0.125. The number of hydrogen-bond acceptors (Lipinski definition) is 5. The monoisotopic (exact) mass is 352 g/mol. The number of carbonyl (C=O) groups is 1. The van der Waals surface area contributed by atoms with Crippen molar-refractivity contribution in [3.05, 3.63) is 36.4 Å². The molecule has 0 saturated heterocycles. The highest BCUT2D eigenvalue weighted by Crippen LogP contribution is 2.30. The summed E-state index contributed by atoms with van der Waals surface area (Å²) in [5.41, 5.74) is -3.98. The molecule has 0 aliphatic heterocycles. The van der Waals surface area contributed by atoms with E-state index in [1.165, 1.54) is 19.4 Å². The third-order valence-electron chi connectivity index (χ3n) is 2.36. The van der Waals surface area contributed by atoms with E-state index < -0.39 is 34.1 Å². The molecule has 1 heterocycles. The minimum atomic E-state index is -4.50. The van der Waals surface area contributed by atoms with E-state index in [9.17, 15) is 18.0 Å². The molecule has 0 aliphatic carbocycles. The van der Waals surface area contributed by atoms with Crippen molar-refractivity contribution in [3.63, 3.8) is 0 Å². The van der Waals surface area contributed by atoms with Crippen LogP contribution in [-0.4, -0.2) is 39.3 Å². The molecular formula is C12H12ClF3N4OS. The Morgan fingerprint density at radius 2 is 2.27 bits per heavy atom. The number of pyridine rings is 1. The average molecular weight is 353 g/mol. The van der Waals surface area contributed by atoms with E-state index in [1.807, 2.05) is 0 Å². The number of allylic oxidation sites excluding steroid dienone is 1. The highest BCUT2D eigenvalue weighted by atomic mass is 35.5. The Kier molecular flexibility index (Phi) is 6.69. The molecule has 0 bridgehead atoms. The fraction of sp³-hybridized carbons (Fsp3) is 0.250. The number of thioether (sulfide) groups is 1. The van der Waals surface area contributed by atoms with Gasteiger partial charge in [0, 0.05) is 19.4 Å². The largest absolute Gasteiger partial charge is 0.442 e. The van der Waals surface area contributed by atoms with Crippen LogP contribution in [0.2, 0.25) is 0 Å². The first kappa shape index (κ1) is 18.3. The van der Waals surface area contributed by atoms with Gasteiger partial charge in [0.15, 0.2) is 0 Å². The van der Waals surface area contributed by atoms with Gasteiger partial charge >= 0.3 is 5.51 Å². The molecule has 0 spiro atoms. The predicted molar refractivity (Wildman–Crippen MR) is 80.8 cm³/mol. The molecule has 1 aromatic rings. The number of nitrogens with one attached hydrogen (secondary N) is 2. The molecule has 1 amide bonds. The number of anilines is 1. The molecule has 1 aromatic heterocycles. The summed E-state index contributed by atoms with van der Waals surface area (Å²) < 4.78 is 36.3. The third-order valence-corrected chi connectivity index (χ3v) is 3.27. The minimum Gasteiger partial charge on any atom is -0.358 e. The van der Waals surface area contributed by atoms with Crippen LogP contribution >= 0.6 is 23.4 Å². The summed E-state index contributed by atoms with van der Waals surface area (Å²) >= 11 is 5.13. The van der Waals surface area contributed by atoms with Crippen molar-refractivity contribution < 1.29 is 18.0 Å². The molecule has 0 atom stereocenters. The van der Waals surface area contributed by atoms with Crippen LogP contribution in [0.4, 0.5) is 18.9 Å². The predicted octanol–water partition coefficient (Wildman–Crippen LogP) is 3.26. The van der Waals surface area contributed by atoms with E-state index in [2.05, 4.69) is 10.3 Å². The Morgan fingerprint density at radius 3 is 2.77 bits per heavy atom. The first-order valence-corrected chi connectivity index (χ1v) is 7.15. The van der Waals surface area contributed by atoms with Crippen LogP contribution in [0.3, 0.4) is 0 Å². The summed E-state index contributed by atoms with van der Waals surface area (Å²) in [5, 5.41) is 9.69. The zero-order valence-electron chi connectivity index (χ0n) is 11.3. The normalized spacial score (nSPS) is 12.0. The van der Waals surface area contributed by atoms with Crippen molar-refractivity contribution in [2.24, 2.45) is 0 Å². The summed E-state index contributed by atoms with van der Waals surface area (Å²) in [5.74, 6) is -1.62. The molecule has 0 aromatic carbocycles. The second-order valence-corrected chi connectivity index (χ2v) is 5.33. The maximum Gasteiger partial charge on any atom is 0.442 e. The van der Waals surface area contributed by atoms with Gasteiger partial charge in [-0.05, 0) is 23.9 Å². The smallest absolute Gasteiger partial charge is 0.358 e. The van der Waals surface area contributed by atoms with Crippen molar-refractivity contribution in [1.29, 1.82) is 5.41 Å². The maximum absolute atomic E-state index is 12.1. The quantitative estimate of drug-likeness (QED) is 0.771. The first-order chi connectivity index (χ1) is 10.2. The molecule has 0 radical (unpaired) electrons. The van der Waals surface area contributed by atoms with Gasteiger partial charge in [-0.3, -0.25) is 15.2 Å². The lowest BCUT2D eigenvalue weighted by Crippen LogP contribution is -2.31. The molecular weight excluding hydrogens is 341 g/mol. The first-order valence-electron chi connectivity index (χ1n) is 5.79. The van der Waals surface area contributed by atoms with Crippen LogP contribution in [0, 0.1) is 5.41 Å². The second-order valence-electron chi connectivity index (χ2n) is 3.92. The summed E-state index contributed by atoms with van der Waals surface area (Å²) in [6, 6.07) is 3.34. The molecule has 0 unspecified atom stereocenters. The zero-order chi connectivity index (χ0) is 16.8. The fourth-order valence-corrected chi connectivity index (χ4v) is 1.94. The molecule has 0 aliphatic rings. The molecule has 0 fully saturated rings. The van der Waals surface area contributed by atoms with Gasteiger partial charge in [0.05, 0.1) is 23.3 Å². The van der Waals surface area contributed by atoms with E-state index in [0.29, 0.717) is 5.69 Å².